The van der Waals surface area contributed by atoms with Crippen molar-refractivity contribution >= 4 is 27.5 Å². The van der Waals surface area contributed by atoms with Gasteiger partial charge in [-0.1, -0.05) is 17.2 Å². The molecule has 0 atom stereocenters. The number of carbonyl (C=O) groups excluding carboxylic acids is 1. The summed E-state index contributed by atoms with van der Waals surface area (Å²) in [6.45, 7) is 16.0. The standard InChI is InChI=1S/C29H40N4OS/c1-20-16-21(2)18-22(17-20)26-23(8-11-32-14-12-31(5)13-15-32)24-19-25(35-27(24)30-26)29(3,4)28(34)33-9-6-7-10-33/h16-19,30H,6-15H2,1-5H3. The summed E-state index contributed by atoms with van der Waals surface area (Å²) in [6, 6.07) is 9.15. The number of fused-ring (bicyclic) bond motifs is 1. The topological polar surface area (TPSA) is 42.6 Å². The van der Waals surface area contributed by atoms with Crippen LogP contribution in [0.25, 0.3) is 21.5 Å². The third kappa shape index (κ3) is 4.93. The molecule has 2 saturated heterocycles. The Labute approximate surface area is 214 Å². The van der Waals surface area contributed by atoms with Gasteiger partial charge < -0.3 is 19.7 Å². The lowest BCUT2D eigenvalue weighted by atomic mass is 9.89. The number of hydrogen-bond acceptors (Lipinski definition) is 4. The number of piperazine rings is 1. The summed E-state index contributed by atoms with van der Waals surface area (Å²) in [6.07, 6.45) is 3.27. The Bertz CT molecular complexity index is 1190. The van der Waals surface area contributed by atoms with Gasteiger partial charge in [-0.05, 0) is 83.3 Å². The van der Waals surface area contributed by atoms with Crippen LogP contribution in [-0.4, -0.2) is 78.5 Å². The average molecular weight is 493 g/mol. The molecule has 188 valence electrons. The molecule has 5 nitrogen and oxygen atoms in total. The first-order valence-corrected chi connectivity index (χ1v) is 14.0. The molecule has 0 saturated carbocycles. The first kappa shape index (κ1) is 24.5. The molecule has 0 unspecified atom stereocenters. The van der Waals surface area contributed by atoms with Gasteiger partial charge in [0.1, 0.15) is 4.83 Å². The van der Waals surface area contributed by atoms with Crippen LogP contribution in [0.15, 0.2) is 24.3 Å². The third-order valence-electron chi connectivity index (χ3n) is 7.93. The highest BCUT2D eigenvalue weighted by Crippen LogP contribution is 2.41. The van der Waals surface area contributed by atoms with Gasteiger partial charge in [0, 0.05) is 56.1 Å². The van der Waals surface area contributed by atoms with E-state index in [1.807, 2.05) is 0 Å². The van der Waals surface area contributed by atoms with E-state index in [0.29, 0.717) is 0 Å². The molecule has 1 N–H and O–H groups in total. The van der Waals surface area contributed by atoms with Gasteiger partial charge in [-0.2, -0.15) is 0 Å². The molecule has 2 aromatic heterocycles. The molecule has 2 aliphatic rings. The second-order valence-electron chi connectivity index (χ2n) is 11.2. The van der Waals surface area contributed by atoms with E-state index in [-0.39, 0.29) is 5.91 Å². The van der Waals surface area contributed by atoms with Crippen molar-refractivity contribution < 1.29 is 4.79 Å². The van der Waals surface area contributed by atoms with E-state index in [1.165, 1.54) is 43.0 Å². The van der Waals surface area contributed by atoms with Crippen LogP contribution >= 0.6 is 11.3 Å². The number of likely N-dealkylation sites (tertiary alicyclic amines) is 1. The number of hydrogen-bond donors (Lipinski definition) is 1. The number of rotatable bonds is 6. The van der Waals surface area contributed by atoms with E-state index in [2.05, 4.69) is 78.7 Å². The number of aryl methyl sites for hydroxylation is 2. The molecule has 0 radical (unpaired) electrons. The van der Waals surface area contributed by atoms with Crippen LogP contribution in [0, 0.1) is 13.8 Å². The Kier molecular flexibility index (Phi) is 6.81. The molecule has 0 spiro atoms. The maximum absolute atomic E-state index is 13.4. The quantitative estimate of drug-likeness (QED) is 0.514. The lowest BCUT2D eigenvalue weighted by molar-refractivity contribution is -0.135. The van der Waals surface area contributed by atoms with Gasteiger partial charge >= 0.3 is 0 Å². The van der Waals surface area contributed by atoms with E-state index in [4.69, 9.17) is 0 Å². The largest absolute Gasteiger partial charge is 0.346 e. The number of carbonyl (C=O) groups is 1. The number of nitrogens with zero attached hydrogens (tertiary/aromatic N) is 3. The third-order valence-corrected chi connectivity index (χ3v) is 9.30. The molecule has 1 amide bonds. The fraction of sp³-hybridized carbons (Fsp3) is 0.552. The second-order valence-corrected chi connectivity index (χ2v) is 12.3. The van der Waals surface area contributed by atoms with Crippen LogP contribution in [-0.2, 0) is 16.6 Å². The summed E-state index contributed by atoms with van der Waals surface area (Å²) in [5.41, 5.74) is 6.01. The van der Waals surface area contributed by atoms with E-state index in [9.17, 15) is 4.79 Å². The summed E-state index contributed by atoms with van der Waals surface area (Å²) in [4.78, 5) is 26.6. The number of benzene rings is 1. The molecule has 35 heavy (non-hydrogen) atoms. The van der Waals surface area contributed by atoms with Gasteiger partial charge in [0.15, 0.2) is 0 Å². The lowest BCUT2D eigenvalue weighted by Gasteiger charge is -2.32. The van der Waals surface area contributed by atoms with Crippen molar-refractivity contribution in [3.8, 4) is 11.3 Å². The molecule has 2 fully saturated rings. The SMILES string of the molecule is Cc1cc(C)cc(-c2[nH]c3sc(C(C)(C)C(=O)N4CCCC4)cc3c2CCN2CCN(C)CC2)c1. The molecule has 4 heterocycles. The molecular formula is C29H40N4OS. The number of amides is 1. The fourth-order valence-corrected chi connectivity index (χ4v) is 6.91. The van der Waals surface area contributed by atoms with Crippen LogP contribution in [0.5, 0.6) is 0 Å². The Morgan fingerprint density at radius 2 is 1.63 bits per heavy atom. The molecule has 6 heteroatoms. The van der Waals surface area contributed by atoms with E-state index in [1.54, 1.807) is 11.3 Å². The maximum Gasteiger partial charge on any atom is 0.233 e. The van der Waals surface area contributed by atoms with Crippen molar-refractivity contribution in [2.75, 3.05) is 52.9 Å². The Hall–Kier alpha value is -2.15. The highest BCUT2D eigenvalue weighted by atomic mass is 32.1. The number of aromatic amines is 1. The van der Waals surface area contributed by atoms with Gasteiger partial charge in [0.25, 0.3) is 0 Å². The lowest BCUT2D eigenvalue weighted by Crippen LogP contribution is -2.45. The van der Waals surface area contributed by atoms with E-state index in [0.717, 1.165) is 65.1 Å². The maximum atomic E-state index is 13.4. The summed E-state index contributed by atoms with van der Waals surface area (Å²) < 4.78 is 0. The van der Waals surface area contributed by atoms with Crippen LogP contribution in [0.4, 0.5) is 0 Å². The molecule has 1 aromatic carbocycles. The molecule has 5 rings (SSSR count). The minimum Gasteiger partial charge on any atom is -0.346 e. The summed E-state index contributed by atoms with van der Waals surface area (Å²) in [5.74, 6) is 0.271. The zero-order chi connectivity index (χ0) is 24.7. The Morgan fingerprint density at radius 3 is 2.29 bits per heavy atom. The van der Waals surface area contributed by atoms with Gasteiger partial charge in [0.2, 0.25) is 5.91 Å². The highest BCUT2D eigenvalue weighted by molar-refractivity contribution is 7.19. The minimum atomic E-state index is -0.496. The normalized spacial score (nSPS) is 18.1. The number of thiophene rings is 1. The van der Waals surface area contributed by atoms with Gasteiger partial charge in [-0.15, -0.1) is 11.3 Å². The Morgan fingerprint density at radius 1 is 0.971 bits per heavy atom. The van der Waals surface area contributed by atoms with Crippen molar-refractivity contribution in [3.05, 3.63) is 45.8 Å². The summed E-state index contributed by atoms with van der Waals surface area (Å²) in [5, 5.41) is 1.30. The first-order valence-electron chi connectivity index (χ1n) is 13.2. The van der Waals surface area contributed by atoms with Crippen LogP contribution < -0.4 is 0 Å². The molecule has 0 bridgehead atoms. The van der Waals surface area contributed by atoms with Gasteiger partial charge in [-0.25, -0.2) is 0 Å². The van der Waals surface area contributed by atoms with E-state index >= 15 is 0 Å². The Balaban J connectivity index is 1.50. The van der Waals surface area contributed by atoms with Crippen LogP contribution in [0.3, 0.4) is 0 Å². The highest BCUT2D eigenvalue weighted by Gasteiger charge is 2.37. The van der Waals surface area contributed by atoms with Crippen LogP contribution in [0.2, 0.25) is 0 Å². The summed E-state index contributed by atoms with van der Waals surface area (Å²) >= 11 is 1.77. The molecule has 0 aliphatic carbocycles. The van der Waals surface area contributed by atoms with Gasteiger partial charge in [0.05, 0.1) is 11.1 Å². The zero-order valence-electron chi connectivity index (χ0n) is 22.0. The number of H-pyrrole nitrogens is 1. The molecular weight excluding hydrogens is 452 g/mol. The van der Waals surface area contributed by atoms with Crippen molar-refractivity contribution in [3.63, 3.8) is 0 Å². The number of likely N-dealkylation sites (N-methyl/N-ethyl adjacent to an activating group) is 1. The van der Waals surface area contributed by atoms with Crippen molar-refractivity contribution in [1.29, 1.82) is 0 Å². The smallest absolute Gasteiger partial charge is 0.233 e. The first-order chi connectivity index (χ1) is 16.7. The molecule has 3 aromatic rings. The van der Waals surface area contributed by atoms with Crippen LogP contribution in [0.1, 0.15) is 48.3 Å². The summed E-state index contributed by atoms with van der Waals surface area (Å²) in [7, 11) is 2.21. The van der Waals surface area contributed by atoms with Gasteiger partial charge in [-0.3, -0.25) is 4.79 Å². The monoisotopic (exact) mass is 492 g/mol. The second kappa shape index (κ2) is 9.72. The zero-order valence-corrected chi connectivity index (χ0v) is 22.9. The van der Waals surface area contributed by atoms with Crippen molar-refractivity contribution in [2.45, 2.75) is 52.4 Å². The van der Waals surface area contributed by atoms with Crippen molar-refractivity contribution in [2.24, 2.45) is 0 Å². The predicted molar refractivity (Wildman–Crippen MR) is 148 cm³/mol. The van der Waals surface area contributed by atoms with E-state index < -0.39 is 5.41 Å². The number of aromatic nitrogens is 1. The van der Waals surface area contributed by atoms with Crippen molar-refractivity contribution in [1.82, 2.24) is 19.7 Å². The number of nitrogens with one attached hydrogen (secondary N) is 1. The average Bonchev–Trinajstić information content (AvgIpc) is 3.54. The predicted octanol–water partition coefficient (Wildman–Crippen LogP) is 5.20. The fourth-order valence-electron chi connectivity index (χ4n) is 5.73. The minimum absolute atomic E-state index is 0.271. The molecule has 2 aliphatic heterocycles.